The van der Waals surface area contributed by atoms with Crippen LogP contribution in [0.25, 0.3) is 45.5 Å². The van der Waals surface area contributed by atoms with Gasteiger partial charge in [0.25, 0.3) is 0 Å². The Bertz CT molecular complexity index is 4600. The first-order valence-electron chi connectivity index (χ1n) is 40.3. The molecule has 6 aliphatic heterocycles. The summed E-state index contributed by atoms with van der Waals surface area (Å²) in [6.45, 7) is 0.140. The highest BCUT2D eigenvalue weighted by Crippen LogP contribution is 2.48. The van der Waals surface area contributed by atoms with E-state index in [0.29, 0.717) is 133 Å². The predicted octanol–water partition coefficient (Wildman–Crippen LogP) is 22.9. The minimum atomic E-state index is -2.95. The molecule has 606 valence electrons. The standard InChI is InChI=1S/C23H21F2N3O3.C22H20F2N4O3.C16H18F2O3.C15H18O3.C7H12.C5H10O/c24-23(25)31-18-9-8-15-20(29)19(12-17-14-7-4-10-26-22(14)28-27-17)30-21(15)16(18)11-13-5-2-1-3-6-13;23-22(24)31-17-4-3-14-19(29)18(11-16-13-2-1-7-26-21(13)28-27-16)30-20(14)15(17)10-12-5-8-25-9-6-12;17-16(18)21-14-7-6-11-13(19)9-20-15(11)12(14)8-10-4-2-1-3-5-10;16-13-7-6-11-14(17)9-18-15(11)12(13)8-10-4-2-1-3-5-10;1-7-5-3-2-4-6-7;1-5-3-2-4-6-5/h4,7-10,12-13,23,29H,1-3,5-6,11H2;1-4,7,11-12,22,25,29H,5-6,8-10H2;6-7,10,16H,1-5,8-9H2;6-7,10,16H,1-5,8-9H2;1-6H2;5H,2-4H2,1H3. The minimum absolute atomic E-state index is 0.00880. The number of nitrogens with zero attached hydrogens (tertiary/aromatic N) is 6. The minimum Gasteiger partial charge on any atom is -0.508 e. The molecular weight excluding hydrogens is 1480 g/mol. The second-order valence-electron chi connectivity index (χ2n) is 30.8. The van der Waals surface area contributed by atoms with Crippen molar-refractivity contribution in [1.82, 2.24) is 15.3 Å². The summed E-state index contributed by atoms with van der Waals surface area (Å²) in [5, 5.41) is 52.0. The van der Waals surface area contributed by atoms with Crippen LogP contribution in [0.5, 0.6) is 46.0 Å². The Kier molecular flexibility index (Phi) is 28.2. The second-order valence-corrected chi connectivity index (χ2v) is 30.8. The van der Waals surface area contributed by atoms with E-state index in [1.54, 1.807) is 54.9 Å². The third kappa shape index (κ3) is 20.9. The Labute approximate surface area is 658 Å². The molecule has 1 atom stereocenters. The normalized spacial score (nSPS) is 19.4. The summed E-state index contributed by atoms with van der Waals surface area (Å²) in [5.41, 5.74) is 8.35. The molecule has 4 aliphatic carbocycles. The lowest BCUT2D eigenvalue weighted by Crippen LogP contribution is -2.28. The van der Waals surface area contributed by atoms with Crippen molar-refractivity contribution in [2.45, 2.75) is 213 Å². The van der Waals surface area contributed by atoms with E-state index >= 15 is 0 Å². The molecule has 1 unspecified atom stereocenters. The molecule has 0 bridgehead atoms. The van der Waals surface area contributed by atoms with Crippen molar-refractivity contribution in [2.75, 3.05) is 32.9 Å². The Balaban J connectivity index is 0.000000128. The fourth-order valence-corrected chi connectivity index (χ4v) is 16.8. The van der Waals surface area contributed by atoms with Crippen molar-refractivity contribution in [3.05, 3.63) is 153 Å². The number of aromatic nitrogens is 2. The lowest BCUT2D eigenvalue weighted by molar-refractivity contribution is -0.0512. The third-order valence-corrected chi connectivity index (χ3v) is 22.7. The Morgan fingerprint density at radius 3 is 1.32 bits per heavy atom. The number of Topliss-reactive ketones (excluding diaryl/α,β-unsaturated/α-hetero) is 2. The number of hydrogen-bond donors (Lipinski definition) is 4. The molecule has 4 aromatic heterocycles. The van der Waals surface area contributed by atoms with Gasteiger partial charge in [0.1, 0.15) is 57.1 Å². The van der Waals surface area contributed by atoms with E-state index < -0.39 is 19.8 Å². The van der Waals surface area contributed by atoms with Crippen molar-refractivity contribution in [3.63, 3.8) is 0 Å². The highest BCUT2D eigenvalue weighted by molar-refractivity contribution is 6.04. The molecule has 18 rings (SSSR count). The number of ether oxygens (including phenoxy) is 6. The first-order chi connectivity index (χ1) is 55.4. The SMILES string of the molecule is C=C1CCCCC1.CC1CCCO1.O=C1COc2c1ccc(O)c2CC1CCCCC1.O=C1COc2c1ccc(OC(F)F)c2CC1CCCCC1.Oc1c(C=C2N=Nc3ncccc32)oc2c(CC3CCCCC3)c(OC(F)F)ccc12.Oc1c(C=C2N=Nc3ncccc32)oc2c(CC3CCNCC3)c(OC(F)F)ccc12. The van der Waals surface area contributed by atoms with Gasteiger partial charge in [-0.1, -0.05) is 115 Å². The molecule has 0 spiro atoms. The number of hydrogen-bond acceptors (Lipinski definition) is 20. The first-order valence-corrected chi connectivity index (χ1v) is 40.3. The van der Waals surface area contributed by atoms with E-state index in [1.165, 1.54) is 139 Å². The maximum absolute atomic E-state index is 13.0. The van der Waals surface area contributed by atoms with E-state index in [1.807, 2.05) is 12.1 Å². The molecule has 10 heterocycles. The number of pyridine rings is 2. The number of azo groups is 2. The van der Waals surface area contributed by atoms with Crippen LogP contribution in [0.1, 0.15) is 227 Å². The van der Waals surface area contributed by atoms with Crippen LogP contribution >= 0.6 is 0 Å². The van der Waals surface area contributed by atoms with Crippen molar-refractivity contribution in [1.29, 1.82) is 0 Å². The van der Waals surface area contributed by atoms with Crippen LogP contribution in [0.4, 0.5) is 38.0 Å². The number of phenolic OH excluding ortho intramolecular Hbond substituents is 1. The molecule has 6 fully saturated rings. The number of allylic oxidation sites excluding steroid dienone is 1. The smallest absolute Gasteiger partial charge is 0.387 e. The molecule has 0 radical (unpaired) electrons. The van der Waals surface area contributed by atoms with Gasteiger partial charge < -0.3 is 57.9 Å². The van der Waals surface area contributed by atoms with Crippen LogP contribution in [0, 0.1) is 23.7 Å². The van der Waals surface area contributed by atoms with E-state index in [4.69, 9.17) is 32.5 Å². The average Bonchev–Trinajstić information content (AvgIpc) is 1.62. The van der Waals surface area contributed by atoms with Gasteiger partial charge in [-0.15, -0.1) is 20.5 Å². The van der Waals surface area contributed by atoms with Crippen molar-refractivity contribution in [3.8, 4) is 46.0 Å². The summed E-state index contributed by atoms with van der Waals surface area (Å²) in [6.07, 6.45) is 38.3. The van der Waals surface area contributed by atoms with Crippen LogP contribution in [0.2, 0.25) is 0 Å². The van der Waals surface area contributed by atoms with Gasteiger partial charge in [-0.05, 0) is 194 Å². The molecule has 4 aromatic carbocycles. The van der Waals surface area contributed by atoms with Gasteiger partial charge in [0.15, 0.2) is 47.9 Å². The predicted molar refractivity (Wildman–Crippen MR) is 420 cm³/mol. The quantitative estimate of drug-likeness (QED) is 0.0517. The number of alkyl halides is 6. The number of piperidine rings is 1. The van der Waals surface area contributed by atoms with Crippen LogP contribution in [-0.2, 0) is 30.4 Å². The van der Waals surface area contributed by atoms with Gasteiger partial charge in [0.2, 0.25) is 11.6 Å². The number of fused-ring (bicyclic) bond motifs is 6. The van der Waals surface area contributed by atoms with Crippen molar-refractivity contribution >= 4 is 68.7 Å². The zero-order valence-corrected chi connectivity index (χ0v) is 64.3. The summed E-state index contributed by atoms with van der Waals surface area (Å²) >= 11 is 0. The van der Waals surface area contributed by atoms with Gasteiger partial charge in [-0.25, -0.2) is 9.97 Å². The van der Waals surface area contributed by atoms with E-state index in [0.717, 1.165) is 94.2 Å². The topological polar surface area (TPSA) is 264 Å². The summed E-state index contributed by atoms with van der Waals surface area (Å²) < 4.78 is 119. The Morgan fingerprint density at radius 2 is 0.895 bits per heavy atom. The summed E-state index contributed by atoms with van der Waals surface area (Å²) in [6, 6.07) is 19.5. The molecule has 0 amide bonds. The van der Waals surface area contributed by atoms with E-state index in [-0.39, 0.29) is 70.8 Å². The Morgan fingerprint density at radius 1 is 0.482 bits per heavy atom. The summed E-state index contributed by atoms with van der Waals surface area (Å²) in [5.74, 6) is 4.55. The molecule has 4 N–H and O–H groups in total. The second kappa shape index (κ2) is 39.3. The number of furan rings is 2. The first kappa shape index (κ1) is 81.9. The van der Waals surface area contributed by atoms with Gasteiger partial charge in [-0.3, -0.25) is 9.59 Å². The van der Waals surface area contributed by atoms with Crippen LogP contribution in [0.3, 0.4) is 0 Å². The fraction of sp³-hybridized carbons (Fsp3) is 0.477. The zero-order valence-electron chi connectivity index (χ0n) is 64.3. The number of rotatable bonds is 16. The number of ketones is 2. The summed E-state index contributed by atoms with van der Waals surface area (Å²) in [7, 11) is 0. The summed E-state index contributed by atoms with van der Waals surface area (Å²) in [4.78, 5) is 31.6. The van der Waals surface area contributed by atoms with Gasteiger partial charge >= 0.3 is 19.8 Å². The number of phenols is 1. The maximum atomic E-state index is 13.0. The van der Waals surface area contributed by atoms with Crippen molar-refractivity contribution in [2.24, 2.45) is 44.1 Å². The van der Waals surface area contributed by atoms with Gasteiger partial charge in [0.05, 0.1) is 28.0 Å². The highest BCUT2D eigenvalue weighted by Gasteiger charge is 2.33. The number of halogens is 6. The molecule has 2 saturated heterocycles. The molecule has 26 heteroatoms. The lowest BCUT2D eigenvalue weighted by Gasteiger charge is -2.23. The largest absolute Gasteiger partial charge is 0.508 e. The van der Waals surface area contributed by atoms with E-state index in [9.17, 15) is 51.3 Å². The van der Waals surface area contributed by atoms with Gasteiger partial charge in [0, 0.05) is 64.5 Å². The zero-order chi connectivity index (χ0) is 79.6. The van der Waals surface area contributed by atoms with Crippen LogP contribution in [-0.4, -0.2) is 95.7 Å². The van der Waals surface area contributed by atoms with E-state index in [2.05, 4.69) is 54.0 Å². The number of carbonyl (C=O) groups excluding carboxylic acids is 2. The number of benzene rings is 4. The molecule has 114 heavy (non-hydrogen) atoms. The molecule has 10 aliphatic rings. The average molecular weight is 1580 g/mol. The fourth-order valence-electron chi connectivity index (χ4n) is 16.8. The molecule has 20 nitrogen and oxygen atoms in total. The lowest BCUT2D eigenvalue weighted by atomic mass is 9.84. The number of nitrogens with one attached hydrogen (secondary N) is 1. The van der Waals surface area contributed by atoms with Crippen LogP contribution in [0.15, 0.2) is 127 Å². The monoisotopic (exact) mass is 1580 g/mol. The third-order valence-electron chi connectivity index (χ3n) is 22.7. The maximum Gasteiger partial charge on any atom is 0.387 e. The van der Waals surface area contributed by atoms with Crippen molar-refractivity contribution < 1.29 is 88.5 Å². The molecule has 4 saturated carbocycles. The molecule has 8 aromatic rings. The number of carbonyl (C=O) groups is 2. The Hall–Kier alpha value is -10.1. The van der Waals surface area contributed by atoms with Crippen LogP contribution < -0.4 is 29.0 Å². The number of aromatic hydroxyl groups is 3. The van der Waals surface area contributed by atoms with Gasteiger partial charge in [-0.2, -0.15) is 26.3 Å². The molecular formula is C88H99F6N7O13. The highest BCUT2D eigenvalue weighted by atomic mass is 19.3.